The van der Waals surface area contributed by atoms with Gasteiger partial charge in [0, 0.05) is 25.7 Å². The molecule has 0 aliphatic rings. The third-order valence-electron chi connectivity index (χ3n) is 2.45. The topological polar surface area (TPSA) is 12.0 Å². The van der Waals surface area contributed by atoms with Crippen molar-refractivity contribution >= 4 is 63.1 Å². The zero-order valence-corrected chi connectivity index (χ0v) is 13.6. The summed E-state index contributed by atoms with van der Waals surface area (Å²) in [6.45, 7) is 0.540. The van der Waals surface area contributed by atoms with Gasteiger partial charge in [-0.3, -0.25) is 0 Å². The van der Waals surface area contributed by atoms with Gasteiger partial charge in [0.1, 0.15) is 0 Å². The summed E-state index contributed by atoms with van der Waals surface area (Å²) in [5.41, 5.74) is 1.74. The summed E-state index contributed by atoms with van der Waals surface area (Å²) >= 11 is 20.6. The van der Waals surface area contributed by atoms with Crippen LogP contribution in [0.2, 0.25) is 15.1 Å². The number of halogens is 4. The first-order chi connectivity index (χ1) is 8.58. The van der Waals surface area contributed by atoms with Crippen molar-refractivity contribution in [2.45, 2.75) is 6.54 Å². The summed E-state index contributed by atoms with van der Waals surface area (Å²) in [6.07, 6.45) is 0. The van der Waals surface area contributed by atoms with Crippen molar-refractivity contribution in [1.29, 1.82) is 0 Å². The minimum absolute atomic E-state index is 0.540. The average Bonchev–Trinajstić information content (AvgIpc) is 2.31. The highest BCUT2D eigenvalue weighted by molar-refractivity contribution is 14.1. The van der Waals surface area contributed by atoms with Crippen LogP contribution in [0.3, 0.4) is 0 Å². The Balaban J connectivity index is 2.16. The summed E-state index contributed by atoms with van der Waals surface area (Å²) in [4.78, 5) is 0. The quantitative estimate of drug-likeness (QED) is 0.623. The molecule has 2 aromatic rings. The molecule has 1 N–H and O–H groups in total. The van der Waals surface area contributed by atoms with Crippen LogP contribution in [-0.4, -0.2) is 0 Å². The van der Waals surface area contributed by atoms with E-state index in [1.807, 2.05) is 36.4 Å². The van der Waals surface area contributed by atoms with Gasteiger partial charge in [-0.05, 0) is 52.9 Å². The monoisotopic (exact) mass is 411 g/mol. The molecule has 0 saturated heterocycles. The van der Waals surface area contributed by atoms with Crippen molar-refractivity contribution < 1.29 is 0 Å². The Kier molecular flexibility index (Phi) is 5.01. The third-order valence-corrected chi connectivity index (χ3v) is 4.14. The van der Waals surface area contributed by atoms with Crippen LogP contribution in [0.4, 0.5) is 5.69 Å². The molecule has 0 fully saturated rings. The first-order valence-corrected chi connectivity index (χ1v) is 7.41. The first-order valence-electron chi connectivity index (χ1n) is 5.20. The van der Waals surface area contributed by atoms with Gasteiger partial charge in [-0.15, -0.1) is 0 Å². The van der Waals surface area contributed by atoms with Crippen molar-refractivity contribution in [2.24, 2.45) is 0 Å². The minimum Gasteiger partial charge on any atom is -0.380 e. The molecular formula is C13H9Cl3IN. The molecule has 0 bridgehead atoms. The van der Waals surface area contributed by atoms with Gasteiger partial charge in [0.25, 0.3) is 0 Å². The van der Waals surface area contributed by atoms with Gasteiger partial charge in [0.2, 0.25) is 0 Å². The highest BCUT2D eigenvalue weighted by Crippen LogP contribution is 2.28. The van der Waals surface area contributed by atoms with Gasteiger partial charge in [-0.2, -0.15) is 0 Å². The van der Waals surface area contributed by atoms with Crippen LogP contribution >= 0.6 is 57.4 Å². The molecule has 94 valence electrons. The van der Waals surface area contributed by atoms with Crippen molar-refractivity contribution in [3.63, 3.8) is 0 Å². The lowest BCUT2D eigenvalue weighted by Gasteiger charge is -2.11. The Hall–Kier alpha value is -0.160. The fraction of sp³-hybridized carbons (Fsp3) is 0.0769. The van der Waals surface area contributed by atoms with Crippen molar-refractivity contribution in [3.8, 4) is 0 Å². The molecule has 2 rings (SSSR count). The number of benzene rings is 2. The Morgan fingerprint density at radius 3 is 2.22 bits per heavy atom. The maximum Gasteiger partial charge on any atom is 0.0648 e. The summed E-state index contributed by atoms with van der Waals surface area (Å²) < 4.78 is 1.10. The van der Waals surface area contributed by atoms with Crippen molar-refractivity contribution in [2.75, 3.05) is 5.32 Å². The summed E-state index contributed by atoms with van der Waals surface area (Å²) in [5.74, 6) is 0. The molecule has 0 unspecified atom stereocenters. The third kappa shape index (κ3) is 3.44. The molecule has 0 radical (unpaired) electrons. The second-order valence-electron chi connectivity index (χ2n) is 3.68. The highest BCUT2D eigenvalue weighted by Gasteiger charge is 2.06. The Bertz CT molecular complexity index is 552. The Labute approximate surface area is 135 Å². The molecule has 0 heterocycles. The van der Waals surface area contributed by atoms with Crippen LogP contribution in [0.1, 0.15) is 5.56 Å². The van der Waals surface area contributed by atoms with Gasteiger partial charge in [0.05, 0.1) is 10.7 Å². The van der Waals surface area contributed by atoms with Crippen LogP contribution in [0.15, 0.2) is 36.4 Å². The number of hydrogen-bond acceptors (Lipinski definition) is 1. The number of nitrogens with one attached hydrogen (secondary N) is 1. The van der Waals surface area contributed by atoms with Crippen LogP contribution < -0.4 is 5.32 Å². The van der Waals surface area contributed by atoms with Crippen LogP contribution in [0.25, 0.3) is 0 Å². The number of anilines is 1. The molecule has 0 aliphatic heterocycles. The van der Waals surface area contributed by atoms with E-state index in [-0.39, 0.29) is 0 Å². The maximum atomic E-state index is 6.14. The fourth-order valence-electron chi connectivity index (χ4n) is 1.52. The van der Waals surface area contributed by atoms with E-state index in [9.17, 15) is 0 Å². The molecule has 0 aromatic heterocycles. The molecule has 0 saturated carbocycles. The fourth-order valence-corrected chi connectivity index (χ4v) is 2.97. The molecule has 5 heteroatoms. The second kappa shape index (κ2) is 6.33. The number of rotatable bonds is 3. The molecule has 2 aromatic carbocycles. The molecular weight excluding hydrogens is 403 g/mol. The van der Waals surface area contributed by atoms with E-state index in [2.05, 4.69) is 27.9 Å². The van der Waals surface area contributed by atoms with E-state index in [1.165, 1.54) is 0 Å². The number of hydrogen-bond donors (Lipinski definition) is 1. The lowest BCUT2D eigenvalue weighted by atomic mass is 10.2. The lowest BCUT2D eigenvalue weighted by Crippen LogP contribution is -2.01. The Morgan fingerprint density at radius 2 is 1.61 bits per heavy atom. The van der Waals surface area contributed by atoms with E-state index in [4.69, 9.17) is 34.8 Å². The summed E-state index contributed by atoms with van der Waals surface area (Å²) in [7, 11) is 0. The van der Waals surface area contributed by atoms with E-state index >= 15 is 0 Å². The molecule has 0 amide bonds. The van der Waals surface area contributed by atoms with E-state index in [1.54, 1.807) is 0 Å². The van der Waals surface area contributed by atoms with Gasteiger partial charge in [0.15, 0.2) is 0 Å². The molecule has 0 aliphatic carbocycles. The molecule has 0 atom stereocenters. The van der Waals surface area contributed by atoms with Crippen LogP contribution in [0.5, 0.6) is 0 Å². The molecule has 0 spiro atoms. The normalized spacial score (nSPS) is 10.4. The standard InChI is InChI=1S/C13H9Cl3IN/c14-10-2-1-3-11(15)9(10)7-18-13-5-4-8(17)6-12(13)16/h1-6,18H,7H2. The second-order valence-corrected chi connectivity index (χ2v) is 6.15. The van der Waals surface area contributed by atoms with Gasteiger partial charge < -0.3 is 5.32 Å². The Morgan fingerprint density at radius 1 is 0.944 bits per heavy atom. The molecule has 1 nitrogen and oxygen atoms in total. The van der Waals surface area contributed by atoms with Gasteiger partial charge >= 0.3 is 0 Å². The van der Waals surface area contributed by atoms with E-state index in [0.717, 1.165) is 14.8 Å². The van der Waals surface area contributed by atoms with Gasteiger partial charge in [-0.25, -0.2) is 0 Å². The smallest absolute Gasteiger partial charge is 0.0648 e. The largest absolute Gasteiger partial charge is 0.380 e. The van der Waals surface area contributed by atoms with Crippen molar-refractivity contribution in [3.05, 3.63) is 60.6 Å². The predicted molar refractivity (Wildman–Crippen MR) is 88.0 cm³/mol. The van der Waals surface area contributed by atoms with Crippen molar-refractivity contribution in [1.82, 2.24) is 0 Å². The van der Waals surface area contributed by atoms with Crippen LogP contribution in [0, 0.1) is 3.57 Å². The minimum atomic E-state index is 0.540. The zero-order valence-electron chi connectivity index (χ0n) is 9.18. The van der Waals surface area contributed by atoms with Crippen LogP contribution in [-0.2, 0) is 6.54 Å². The van der Waals surface area contributed by atoms with E-state index < -0.39 is 0 Å². The maximum absolute atomic E-state index is 6.14. The zero-order chi connectivity index (χ0) is 13.1. The lowest BCUT2D eigenvalue weighted by molar-refractivity contribution is 1.15. The SMILES string of the molecule is Clc1cc(I)ccc1NCc1c(Cl)cccc1Cl. The summed E-state index contributed by atoms with van der Waals surface area (Å²) in [6, 6.07) is 11.3. The molecule has 18 heavy (non-hydrogen) atoms. The summed E-state index contributed by atoms with van der Waals surface area (Å²) in [5, 5.41) is 5.22. The average molecular weight is 412 g/mol. The van der Waals surface area contributed by atoms with Gasteiger partial charge in [-0.1, -0.05) is 40.9 Å². The predicted octanol–water partition coefficient (Wildman–Crippen LogP) is 5.86. The van der Waals surface area contributed by atoms with E-state index in [0.29, 0.717) is 21.6 Å². The highest BCUT2D eigenvalue weighted by atomic mass is 127. The first kappa shape index (κ1) is 14.3.